The summed E-state index contributed by atoms with van der Waals surface area (Å²) in [5.74, 6) is 1.80. The van der Waals surface area contributed by atoms with E-state index in [0.29, 0.717) is 12.3 Å². The number of nitrogens with two attached hydrogens (primary N) is 1. The summed E-state index contributed by atoms with van der Waals surface area (Å²) in [5.41, 5.74) is 6.90. The normalized spacial score (nSPS) is 23.7. The molecule has 0 radical (unpaired) electrons. The molecule has 0 aromatic carbocycles. The molecule has 1 fully saturated rings. The minimum atomic E-state index is 0.284. The highest BCUT2D eigenvalue weighted by Gasteiger charge is 2.27. The van der Waals surface area contributed by atoms with Gasteiger partial charge in [-0.1, -0.05) is 5.16 Å². The first kappa shape index (κ1) is 11.8. The maximum Gasteiger partial charge on any atom is 0.229 e. The summed E-state index contributed by atoms with van der Waals surface area (Å²) in [7, 11) is 0. The second-order valence-corrected chi connectivity index (χ2v) is 5.92. The molecular weight excluding hydrogens is 248 g/mol. The van der Waals surface area contributed by atoms with E-state index in [4.69, 9.17) is 10.3 Å². The van der Waals surface area contributed by atoms with Crippen LogP contribution in [0.5, 0.6) is 0 Å². The molecule has 2 N–H and O–H groups in total. The lowest BCUT2D eigenvalue weighted by atomic mass is 10.1. The van der Waals surface area contributed by atoms with E-state index in [0.717, 1.165) is 41.7 Å². The summed E-state index contributed by atoms with van der Waals surface area (Å²) in [6, 6.07) is 0.284. The van der Waals surface area contributed by atoms with Crippen LogP contribution in [0.15, 0.2) is 9.90 Å². The maximum atomic E-state index is 5.90. The third kappa shape index (κ3) is 2.44. The quantitative estimate of drug-likeness (QED) is 0.917. The van der Waals surface area contributed by atoms with E-state index < -0.39 is 0 Å². The van der Waals surface area contributed by atoms with Crippen LogP contribution in [-0.4, -0.2) is 21.2 Å². The van der Waals surface area contributed by atoms with Crippen LogP contribution in [0, 0.1) is 6.92 Å². The molecule has 2 heterocycles. The zero-order chi connectivity index (χ0) is 12.5. The van der Waals surface area contributed by atoms with Gasteiger partial charge in [0.05, 0.1) is 17.1 Å². The molecule has 2 aromatic heterocycles. The van der Waals surface area contributed by atoms with Crippen molar-refractivity contribution in [3.05, 3.63) is 27.8 Å². The Balaban J connectivity index is 1.70. The van der Waals surface area contributed by atoms with Crippen LogP contribution in [0.4, 0.5) is 0 Å². The molecule has 5 nitrogen and oxygen atoms in total. The minimum Gasteiger partial charge on any atom is -0.339 e. The van der Waals surface area contributed by atoms with E-state index in [2.05, 4.69) is 15.1 Å². The molecule has 0 aliphatic heterocycles. The van der Waals surface area contributed by atoms with Crippen molar-refractivity contribution in [1.82, 2.24) is 15.1 Å². The van der Waals surface area contributed by atoms with Crippen molar-refractivity contribution in [3.63, 3.8) is 0 Å². The van der Waals surface area contributed by atoms with Gasteiger partial charge in [0.15, 0.2) is 5.82 Å². The van der Waals surface area contributed by atoms with Gasteiger partial charge in [0.1, 0.15) is 0 Å². The molecule has 0 bridgehead atoms. The lowest BCUT2D eigenvalue weighted by molar-refractivity contribution is 0.349. The Morgan fingerprint density at radius 2 is 2.33 bits per heavy atom. The summed E-state index contributed by atoms with van der Waals surface area (Å²) in [4.78, 5) is 8.86. The zero-order valence-electron chi connectivity index (χ0n) is 10.3. The van der Waals surface area contributed by atoms with Crippen molar-refractivity contribution in [3.8, 4) is 0 Å². The van der Waals surface area contributed by atoms with E-state index >= 15 is 0 Å². The van der Waals surface area contributed by atoms with Gasteiger partial charge in [-0.3, -0.25) is 0 Å². The molecule has 0 amide bonds. The van der Waals surface area contributed by atoms with Gasteiger partial charge in [-0.15, -0.1) is 11.3 Å². The van der Waals surface area contributed by atoms with Crippen molar-refractivity contribution >= 4 is 11.3 Å². The Kier molecular flexibility index (Phi) is 3.13. The molecule has 6 heteroatoms. The van der Waals surface area contributed by atoms with Crippen LogP contribution in [-0.2, 0) is 6.42 Å². The fraction of sp³-hybridized carbons (Fsp3) is 0.583. The van der Waals surface area contributed by atoms with Crippen molar-refractivity contribution in [2.24, 2.45) is 5.73 Å². The number of hydrogen-bond donors (Lipinski definition) is 1. The van der Waals surface area contributed by atoms with Crippen molar-refractivity contribution in [1.29, 1.82) is 0 Å². The molecule has 18 heavy (non-hydrogen) atoms. The highest BCUT2D eigenvalue weighted by atomic mass is 32.1. The van der Waals surface area contributed by atoms with E-state index in [9.17, 15) is 0 Å². The monoisotopic (exact) mass is 264 g/mol. The van der Waals surface area contributed by atoms with E-state index in [-0.39, 0.29) is 6.04 Å². The Labute approximate surface area is 109 Å². The van der Waals surface area contributed by atoms with Gasteiger partial charge in [-0.05, 0) is 26.2 Å². The minimum absolute atomic E-state index is 0.284. The lowest BCUT2D eigenvalue weighted by Crippen LogP contribution is -2.14. The lowest BCUT2D eigenvalue weighted by Gasteiger charge is -2.01. The van der Waals surface area contributed by atoms with Crippen LogP contribution < -0.4 is 5.73 Å². The first-order valence-corrected chi connectivity index (χ1v) is 7.07. The predicted octanol–water partition coefficient (Wildman–Crippen LogP) is 2.02. The summed E-state index contributed by atoms with van der Waals surface area (Å²) < 4.78 is 5.33. The summed E-state index contributed by atoms with van der Waals surface area (Å²) in [6.45, 7) is 2.00. The van der Waals surface area contributed by atoms with Crippen LogP contribution in [0.25, 0.3) is 0 Å². The molecule has 1 aliphatic carbocycles. The fourth-order valence-electron chi connectivity index (χ4n) is 2.40. The van der Waals surface area contributed by atoms with Gasteiger partial charge in [0, 0.05) is 17.3 Å². The topological polar surface area (TPSA) is 77.8 Å². The molecule has 3 rings (SSSR count). The SMILES string of the molecule is Cc1nc(Cc2noc([C@@H]3CC[C@H](N)C3)n2)cs1. The predicted molar refractivity (Wildman–Crippen MR) is 68.5 cm³/mol. The van der Waals surface area contributed by atoms with E-state index in [1.165, 1.54) is 0 Å². The van der Waals surface area contributed by atoms with Crippen LogP contribution in [0.2, 0.25) is 0 Å². The second kappa shape index (κ2) is 4.78. The van der Waals surface area contributed by atoms with Gasteiger partial charge in [0.25, 0.3) is 0 Å². The second-order valence-electron chi connectivity index (χ2n) is 4.85. The third-order valence-electron chi connectivity index (χ3n) is 3.31. The standard InChI is InChI=1S/C12H16N4OS/c1-7-14-10(6-18-7)5-11-15-12(17-16-11)8-2-3-9(13)4-8/h6,8-9H,2-5,13H2,1H3/t8-,9+/m1/s1. The Bertz CT molecular complexity index is 536. The highest BCUT2D eigenvalue weighted by molar-refractivity contribution is 7.09. The number of aromatic nitrogens is 3. The Hall–Kier alpha value is -1.27. The third-order valence-corrected chi connectivity index (χ3v) is 4.13. The fourth-order valence-corrected chi connectivity index (χ4v) is 3.01. The molecule has 2 aromatic rings. The van der Waals surface area contributed by atoms with Crippen LogP contribution >= 0.6 is 11.3 Å². The van der Waals surface area contributed by atoms with E-state index in [1.54, 1.807) is 11.3 Å². The molecule has 0 spiro atoms. The molecule has 0 unspecified atom stereocenters. The number of aryl methyl sites for hydroxylation is 1. The van der Waals surface area contributed by atoms with Gasteiger partial charge >= 0.3 is 0 Å². The number of thiazole rings is 1. The van der Waals surface area contributed by atoms with Crippen molar-refractivity contribution < 1.29 is 4.52 Å². The summed E-state index contributed by atoms with van der Waals surface area (Å²) in [6.07, 6.45) is 3.70. The molecule has 0 saturated heterocycles. The molecule has 2 atom stereocenters. The smallest absolute Gasteiger partial charge is 0.229 e. The van der Waals surface area contributed by atoms with Gasteiger partial charge < -0.3 is 10.3 Å². The van der Waals surface area contributed by atoms with Crippen LogP contribution in [0.3, 0.4) is 0 Å². The number of nitrogens with zero attached hydrogens (tertiary/aromatic N) is 3. The molecule has 1 aliphatic rings. The first-order valence-electron chi connectivity index (χ1n) is 6.20. The Morgan fingerprint density at radius 1 is 1.44 bits per heavy atom. The zero-order valence-corrected chi connectivity index (χ0v) is 11.1. The van der Waals surface area contributed by atoms with Gasteiger partial charge in [-0.2, -0.15) is 4.98 Å². The number of hydrogen-bond acceptors (Lipinski definition) is 6. The molecule has 96 valence electrons. The maximum absolute atomic E-state index is 5.90. The average molecular weight is 264 g/mol. The average Bonchev–Trinajstić information content (AvgIpc) is 3.01. The van der Waals surface area contributed by atoms with E-state index in [1.807, 2.05) is 12.3 Å². The van der Waals surface area contributed by atoms with Gasteiger partial charge in [0.2, 0.25) is 5.89 Å². The summed E-state index contributed by atoms with van der Waals surface area (Å²) >= 11 is 1.64. The summed E-state index contributed by atoms with van der Waals surface area (Å²) in [5, 5.41) is 7.13. The Morgan fingerprint density at radius 3 is 3.00 bits per heavy atom. The largest absolute Gasteiger partial charge is 0.339 e. The first-order chi connectivity index (χ1) is 8.70. The highest BCUT2D eigenvalue weighted by Crippen LogP contribution is 2.32. The van der Waals surface area contributed by atoms with Crippen molar-refractivity contribution in [2.45, 2.75) is 44.6 Å². The molecule has 1 saturated carbocycles. The van der Waals surface area contributed by atoms with Gasteiger partial charge in [-0.25, -0.2) is 4.98 Å². The van der Waals surface area contributed by atoms with Crippen molar-refractivity contribution in [2.75, 3.05) is 0 Å². The van der Waals surface area contributed by atoms with Crippen LogP contribution in [0.1, 0.15) is 47.6 Å². The number of rotatable bonds is 3. The molecular formula is C12H16N4OS.